The molecule has 2 aliphatic heterocycles. The Balaban J connectivity index is 1.39. The van der Waals surface area contributed by atoms with Crippen molar-refractivity contribution in [3.8, 4) is 0 Å². The molecule has 0 aromatic heterocycles. The molecule has 0 bridgehead atoms. The van der Waals surface area contributed by atoms with E-state index in [0.717, 1.165) is 25.2 Å². The maximum Gasteiger partial charge on any atom is 0.315 e. The van der Waals surface area contributed by atoms with E-state index in [2.05, 4.69) is 15.5 Å². The highest BCUT2D eigenvalue weighted by Gasteiger charge is 2.26. The van der Waals surface area contributed by atoms with Gasteiger partial charge in [-0.3, -0.25) is 4.79 Å². The molecule has 2 saturated heterocycles. The van der Waals surface area contributed by atoms with Crippen LogP contribution in [0.3, 0.4) is 0 Å². The number of amides is 3. The summed E-state index contributed by atoms with van der Waals surface area (Å²) in [6.45, 7) is 9.49. The number of hydrogen-bond acceptors (Lipinski definition) is 4. The number of rotatable bonds is 6. The Hall–Kier alpha value is -2.12. The molecule has 29 heavy (non-hydrogen) atoms. The van der Waals surface area contributed by atoms with Crippen molar-refractivity contribution in [3.63, 3.8) is 0 Å². The molecule has 1 aromatic rings. The van der Waals surface area contributed by atoms with Gasteiger partial charge in [0.15, 0.2) is 0 Å². The molecular weight excluding hydrogens is 368 g/mol. The van der Waals surface area contributed by atoms with Gasteiger partial charge in [-0.1, -0.05) is 18.6 Å². The molecular formula is C22H34N4O3. The van der Waals surface area contributed by atoms with Crippen molar-refractivity contribution in [2.75, 3.05) is 39.3 Å². The van der Waals surface area contributed by atoms with Crippen LogP contribution in [0.1, 0.15) is 49.0 Å². The van der Waals surface area contributed by atoms with Crippen LogP contribution in [0.5, 0.6) is 0 Å². The zero-order chi connectivity index (χ0) is 20.6. The van der Waals surface area contributed by atoms with Crippen LogP contribution in [0.25, 0.3) is 0 Å². The third-order valence-electron chi connectivity index (χ3n) is 5.52. The van der Waals surface area contributed by atoms with Gasteiger partial charge >= 0.3 is 6.03 Å². The summed E-state index contributed by atoms with van der Waals surface area (Å²) in [6, 6.07) is 7.30. The van der Waals surface area contributed by atoms with Gasteiger partial charge in [0.2, 0.25) is 0 Å². The van der Waals surface area contributed by atoms with E-state index >= 15 is 0 Å². The second-order valence-electron chi connectivity index (χ2n) is 8.18. The summed E-state index contributed by atoms with van der Waals surface area (Å²) in [5, 5.41) is 5.80. The molecule has 0 saturated carbocycles. The summed E-state index contributed by atoms with van der Waals surface area (Å²) in [6.07, 6.45) is 3.95. The smallest absolute Gasteiger partial charge is 0.315 e. The Kier molecular flexibility index (Phi) is 7.89. The molecule has 0 spiro atoms. The first-order valence-electron chi connectivity index (χ1n) is 10.8. The van der Waals surface area contributed by atoms with E-state index in [9.17, 15) is 9.59 Å². The maximum absolute atomic E-state index is 12.7. The van der Waals surface area contributed by atoms with Crippen molar-refractivity contribution in [2.24, 2.45) is 0 Å². The highest BCUT2D eigenvalue weighted by atomic mass is 16.5. The number of nitrogens with one attached hydrogen (secondary N) is 2. The Bertz CT molecular complexity index is 663. The van der Waals surface area contributed by atoms with E-state index in [1.807, 2.05) is 43.0 Å². The molecule has 2 heterocycles. The van der Waals surface area contributed by atoms with Crippen molar-refractivity contribution < 1.29 is 14.3 Å². The fourth-order valence-corrected chi connectivity index (χ4v) is 4.05. The van der Waals surface area contributed by atoms with Gasteiger partial charge in [0.05, 0.1) is 12.2 Å². The summed E-state index contributed by atoms with van der Waals surface area (Å²) in [5.41, 5.74) is 1.64. The number of benzene rings is 1. The first kappa shape index (κ1) is 21.6. The third-order valence-corrected chi connectivity index (χ3v) is 5.52. The molecule has 160 valence electrons. The van der Waals surface area contributed by atoms with Gasteiger partial charge in [0, 0.05) is 38.3 Å². The number of carbonyl (C=O) groups is 2. The van der Waals surface area contributed by atoms with Crippen LogP contribution in [0, 0.1) is 0 Å². The molecule has 7 heteroatoms. The molecule has 2 fully saturated rings. The van der Waals surface area contributed by atoms with Crippen LogP contribution in [0.15, 0.2) is 24.3 Å². The number of hydrogen-bond donors (Lipinski definition) is 2. The monoisotopic (exact) mass is 402 g/mol. The Morgan fingerprint density at radius 3 is 2.31 bits per heavy atom. The lowest BCUT2D eigenvalue weighted by molar-refractivity contribution is -0.0586. The highest BCUT2D eigenvalue weighted by molar-refractivity contribution is 5.94. The molecule has 1 aromatic carbocycles. The van der Waals surface area contributed by atoms with E-state index in [1.165, 1.54) is 19.3 Å². The van der Waals surface area contributed by atoms with Crippen LogP contribution < -0.4 is 10.6 Å². The zero-order valence-corrected chi connectivity index (χ0v) is 17.7. The molecule has 3 rings (SSSR count). The lowest BCUT2D eigenvalue weighted by Crippen LogP contribution is -2.48. The number of likely N-dealkylation sites (tertiary alicyclic amines) is 1. The zero-order valence-electron chi connectivity index (χ0n) is 17.7. The van der Waals surface area contributed by atoms with Gasteiger partial charge in [-0.05, 0) is 57.5 Å². The summed E-state index contributed by atoms with van der Waals surface area (Å²) >= 11 is 0. The molecule has 2 atom stereocenters. The summed E-state index contributed by atoms with van der Waals surface area (Å²) in [7, 11) is 0. The van der Waals surface area contributed by atoms with Crippen LogP contribution in [-0.4, -0.2) is 73.2 Å². The van der Waals surface area contributed by atoms with E-state index in [0.29, 0.717) is 31.7 Å². The van der Waals surface area contributed by atoms with Gasteiger partial charge in [-0.15, -0.1) is 0 Å². The van der Waals surface area contributed by atoms with E-state index in [1.54, 1.807) is 0 Å². The fraction of sp³-hybridized carbons (Fsp3) is 0.636. The molecule has 0 radical (unpaired) electrons. The molecule has 2 unspecified atom stereocenters. The van der Waals surface area contributed by atoms with Gasteiger partial charge < -0.3 is 25.2 Å². The van der Waals surface area contributed by atoms with E-state index in [4.69, 9.17) is 4.74 Å². The predicted octanol–water partition coefficient (Wildman–Crippen LogP) is 2.22. The lowest BCUT2D eigenvalue weighted by Gasteiger charge is -2.35. The normalized spacial score (nSPS) is 22.9. The molecule has 2 aliphatic rings. The summed E-state index contributed by atoms with van der Waals surface area (Å²) in [4.78, 5) is 28.9. The average molecular weight is 403 g/mol. The number of piperidine rings is 1. The van der Waals surface area contributed by atoms with Crippen molar-refractivity contribution in [3.05, 3.63) is 35.4 Å². The van der Waals surface area contributed by atoms with Crippen molar-refractivity contribution >= 4 is 11.9 Å². The number of ether oxygens (including phenoxy) is 1. The van der Waals surface area contributed by atoms with Gasteiger partial charge in [0.1, 0.15) is 0 Å². The number of morpholine rings is 1. The highest BCUT2D eigenvalue weighted by Crippen LogP contribution is 2.15. The maximum atomic E-state index is 12.7. The van der Waals surface area contributed by atoms with E-state index < -0.39 is 0 Å². The summed E-state index contributed by atoms with van der Waals surface area (Å²) < 4.78 is 5.70. The average Bonchev–Trinajstić information content (AvgIpc) is 2.72. The van der Waals surface area contributed by atoms with Crippen molar-refractivity contribution in [1.82, 2.24) is 20.4 Å². The van der Waals surface area contributed by atoms with Gasteiger partial charge in [-0.25, -0.2) is 4.79 Å². The minimum Gasteiger partial charge on any atom is -0.372 e. The van der Waals surface area contributed by atoms with Crippen molar-refractivity contribution in [2.45, 2.75) is 51.9 Å². The number of nitrogens with zero attached hydrogens (tertiary/aromatic N) is 2. The Morgan fingerprint density at radius 2 is 1.66 bits per heavy atom. The van der Waals surface area contributed by atoms with Gasteiger partial charge in [-0.2, -0.15) is 0 Å². The molecule has 7 nitrogen and oxygen atoms in total. The first-order valence-corrected chi connectivity index (χ1v) is 10.8. The SMILES string of the molecule is CC1CN(C(=O)c2ccc(CNC(=O)NCCN3CCCCC3)cc2)CC(C)O1. The van der Waals surface area contributed by atoms with Crippen molar-refractivity contribution in [1.29, 1.82) is 0 Å². The minimum absolute atomic E-state index is 0.0296. The third kappa shape index (κ3) is 6.72. The van der Waals surface area contributed by atoms with Crippen LogP contribution >= 0.6 is 0 Å². The summed E-state index contributed by atoms with van der Waals surface area (Å²) in [5.74, 6) is 0.0296. The van der Waals surface area contributed by atoms with Crippen LogP contribution in [-0.2, 0) is 11.3 Å². The second kappa shape index (κ2) is 10.6. The molecule has 0 aliphatic carbocycles. The standard InChI is InChI=1S/C22H34N4O3/c1-17-15-26(16-18(2)29-17)21(27)20-8-6-19(7-9-20)14-24-22(28)23-10-13-25-11-4-3-5-12-25/h6-9,17-18H,3-5,10-16H2,1-2H3,(H2,23,24,28). The predicted molar refractivity (Wildman–Crippen MR) is 113 cm³/mol. The molecule has 3 amide bonds. The fourth-order valence-electron chi connectivity index (χ4n) is 4.05. The first-order chi connectivity index (χ1) is 14.0. The number of urea groups is 1. The molecule has 2 N–H and O–H groups in total. The Labute approximate surface area is 173 Å². The largest absolute Gasteiger partial charge is 0.372 e. The topological polar surface area (TPSA) is 73.9 Å². The van der Waals surface area contributed by atoms with Gasteiger partial charge in [0.25, 0.3) is 5.91 Å². The van der Waals surface area contributed by atoms with Crippen LogP contribution in [0.4, 0.5) is 4.79 Å². The number of carbonyl (C=O) groups excluding carboxylic acids is 2. The van der Waals surface area contributed by atoms with Crippen LogP contribution in [0.2, 0.25) is 0 Å². The second-order valence-corrected chi connectivity index (χ2v) is 8.18. The van der Waals surface area contributed by atoms with E-state index in [-0.39, 0.29) is 24.1 Å². The minimum atomic E-state index is -0.154. The Morgan fingerprint density at radius 1 is 1.00 bits per heavy atom. The quantitative estimate of drug-likeness (QED) is 0.765. The lowest BCUT2D eigenvalue weighted by atomic mass is 10.1.